The van der Waals surface area contributed by atoms with Crippen LogP contribution in [-0.4, -0.2) is 13.2 Å². The predicted octanol–water partition coefficient (Wildman–Crippen LogP) is 6.82. The molecule has 0 aliphatic carbocycles. The Bertz CT molecular complexity index is 836. The maximum Gasteiger partial charge on any atom is 0.119 e. The summed E-state index contributed by atoms with van der Waals surface area (Å²) in [5, 5.41) is 0. The van der Waals surface area contributed by atoms with Gasteiger partial charge in [-0.25, -0.2) is 0 Å². The molecule has 0 aromatic heterocycles. The minimum absolute atomic E-state index is 0.666. The summed E-state index contributed by atoms with van der Waals surface area (Å²) in [6, 6.07) is 23.2. The number of rotatable bonds is 8. The number of aryl methyl sites for hydroxylation is 2. The number of hydrogen-bond donors (Lipinski definition) is 0. The molecule has 0 saturated carbocycles. The van der Waals surface area contributed by atoms with Crippen LogP contribution >= 0.6 is 0 Å². The van der Waals surface area contributed by atoms with Crippen LogP contribution in [0.4, 0.5) is 17.1 Å². The number of benzene rings is 3. The minimum atomic E-state index is 0.666. The summed E-state index contributed by atoms with van der Waals surface area (Å²) >= 11 is 0. The van der Waals surface area contributed by atoms with E-state index in [2.05, 4.69) is 61.2 Å². The van der Waals surface area contributed by atoms with Gasteiger partial charge in [-0.15, -0.1) is 0 Å². The average Bonchev–Trinajstić information content (AvgIpc) is 2.71. The molecule has 3 aromatic rings. The zero-order chi connectivity index (χ0) is 19.9. The Balaban J connectivity index is 2.03. The fourth-order valence-electron chi connectivity index (χ4n) is 3.38. The van der Waals surface area contributed by atoms with Crippen LogP contribution in [0.15, 0.2) is 66.7 Å². The lowest BCUT2D eigenvalue weighted by molar-refractivity contribution is 0.340. The Labute approximate surface area is 168 Å². The van der Waals surface area contributed by atoms with E-state index in [4.69, 9.17) is 9.47 Å². The molecule has 3 rings (SSSR count). The topological polar surface area (TPSA) is 21.7 Å². The van der Waals surface area contributed by atoms with E-state index in [1.807, 2.05) is 38.1 Å². The van der Waals surface area contributed by atoms with Gasteiger partial charge in [0.05, 0.1) is 13.2 Å². The first-order valence-electron chi connectivity index (χ1n) is 10.0. The monoisotopic (exact) mass is 375 g/mol. The van der Waals surface area contributed by atoms with Crippen molar-refractivity contribution in [1.29, 1.82) is 0 Å². The summed E-state index contributed by atoms with van der Waals surface area (Å²) in [4.78, 5) is 2.26. The normalized spacial score (nSPS) is 10.6. The molecule has 0 radical (unpaired) electrons. The van der Waals surface area contributed by atoms with Gasteiger partial charge in [0.2, 0.25) is 0 Å². The van der Waals surface area contributed by atoms with Crippen LogP contribution in [0.1, 0.15) is 31.9 Å². The van der Waals surface area contributed by atoms with Gasteiger partial charge in [-0.2, -0.15) is 0 Å². The standard InChI is InChI=1S/C25H29NO2/c1-5-20-8-9-23(18-19(20)4)26(21-10-14-24(15-11-21)27-6-2)22-12-16-25(17-13-22)28-7-3/h8-18H,5-7H2,1-4H3. The Morgan fingerprint density at radius 3 is 1.50 bits per heavy atom. The van der Waals surface area contributed by atoms with Crippen LogP contribution in [0, 0.1) is 6.92 Å². The van der Waals surface area contributed by atoms with E-state index < -0.39 is 0 Å². The Morgan fingerprint density at radius 2 is 1.11 bits per heavy atom. The van der Waals surface area contributed by atoms with Gasteiger partial charge in [-0.1, -0.05) is 13.0 Å². The minimum Gasteiger partial charge on any atom is -0.494 e. The van der Waals surface area contributed by atoms with Crippen LogP contribution in [-0.2, 0) is 6.42 Å². The van der Waals surface area contributed by atoms with E-state index in [0.29, 0.717) is 13.2 Å². The zero-order valence-electron chi connectivity index (χ0n) is 17.2. The lowest BCUT2D eigenvalue weighted by Gasteiger charge is -2.26. The zero-order valence-corrected chi connectivity index (χ0v) is 17.2. The first kappa shape index (κ1) is 19.8. The number of ether oxygens (including phenoxy) is 2. The summed E-state index contributed by atoms with van der Waals surface area (Å²) in [7, 11) is 0. The summed E-state index contributed by atoms with van der Waals surface area (Å²) in [5.41, 5.74) is 6.01. The smallest absolute Gasteiger partial charge is 0.119 e. The number of hydrogen-bond acceptors (Lipinski definition) is 3. The Kier molecular flexibility index (Phi) is 6.59. The molecule has 0 aliphatic rings. The summed E-state index contributed by atoms with van der Waals surface area (Å²) in [6.07, 6.45) is 1.04. The third kappa shape index (κ3) is 4.48. The Hall–Kier alpha value is -2.94. The van der Waals surface area contributed by atoms with Crippen molar-refractivity contribution in [2.24, 2.45) is 0 Å². The SMILES string of the molecule is CCOc1ccc(N(c2ccc(OCC)cc2)c2ccc(CC)c(C)c2)cc1. The van der Waals surface area contributed by atoms with Gasteiger partial charge >= 0.3 is 0 Å². The first-order valence-corrected chi connectivity index (χ1v) is 10.0. The van der Waals surface area contributed by atoms with Gasteiger partial charge in [0.15, 0.2) is 0 Å². The Morgan fingerprint density at radius 1 is 0.643 bits per heavy atom. The fraction of sp³-hybridized carbons (Fsp3) is 0.280. The molecule has 0 unspecified atom stereocenters. The molecule has 0 bridgehead atoms. The highest BCUT2D eigenvalue weighted by atomic mass is 16.5. The molecule has 146 valence electrons. The van der Waals surface area contributed by atoms with Crippen molar-refractivity contribution in [2.45, 2.75) is 34.1 Å². The van der Waals surface area contributed by atoms with Crippen molar-refractivity contribution in [3.05, 3.63) is 77.9 Å². The van der Waals surface area contributed by atoms with Gasteiger partial charge in [0.25, 0.3) is 0 Å². The second-order valence-corrected chi connectivity index (χ2v) is 6.65. The summed E-state index contributed by atoms with van der Waals surface area (Å²) in [5.74, 6) is 1.77. The van der Waals surface area contributed by atoms with Crippen molar-refractivity contribution in [1.82, 2.24) is 0 Å². The fourth-order valence-corrected chi connectivity index (χ4v) is 3.38. The van der Waals surface area contributed by atoms with Crippen molar-refractivity contribution in [2.75, 3.05) is 18.1 Å². The third-order valence-corrected chi connectivity index (χ3v) is 4.78. The largest absolute Gasteiger partial charge is 0.494 e. The quantitative estimate of drug-likeness (QED) is 0.431. The van der Waals surface area contributed by atoms with E-state index in [9.17, 15) is 0 Å². The van der Waals surface area contributed by atoms with Gasteiger partial charge in [-0.05, 0) is 99.0 Å². The van der Waals surface area contributed by atoms with Gasteiger partial charge in [-0.3, -0.25) is 0 Å². The van der Waals surface area contributed by atoms with E-state index in [0.717, 1.165) is 35.0 Å². The molecule has 0 fully saturated rings. The van der Waals surface area contributed by atoms with E-state index in [-0.39, 0.29) is 0 Å². The maximum absolute atomic E-state index is 5.61. The van der Waals surface area contributed by atoms with E-state index in [1.165, 1.54) is 11.1 Å². The highest BCUT2D eigenvalue weighted by molar-refractivity contribution is 5.77. The van der Waals surface area contributed by atoms with Crippen LogP contribution < -0.4 is 14.4 Å². The molecule has 0 aliphatic heterocycles. The van der Waals surface area contributed by atoms with E-state index in [1.54, 1.807) is 0 Å². The lowest BCUT2D eigenvalue weighted by Crippen LogP contribution is -2.10. The van der Waals surface area contributed by atoms with Gasteiger partial charge < -0.3 is 14.4 Å². The molecule has 28 heavy (non-hydrogen) atoms. The summed E-state index contributed by atoms with van der Waals surface area (Å²) in [6.45, 7) is 9.70. The molecule has 0 amide bonds. The molecule has 0 heterocycles. The molecular formula is C25H29NO2. The second-order valence-electron chi connectivity index (χ2n) is 6.65. The van der Waals surface area contributed by atoms with Crippen molar-refractivity contribution in [3.8, 4) is 11.5 Å². The van der Waals surface area contributed by atoms with Crippen molar-refractivity contribution < 1.29 is 9.47 Å². The third-order valence-electron chi connectivity index (χ3n) is 4.78. The summed E-state index contributed by atoms with van der Waals surface area (Å²) < 4.78 is 11.2. The average molecular weight is 376 g/mol. The molecule has 3 heteroatoms. The lowest BCUT2D eigenvalue weighted by atomic mass is 10.0. The highest BCUT2D eigenvalue weighted by Crippen LogP contribution is 2.36. The molecule has 3 aromatic carbocycles. The number of nitrogens with zero attached hydrogens (tertiary/aromatic N) is 1. The van der Waals surface area contributed by atoms with Crippen LogP contribution in [0.25, 0.3) is 0 Å². The van der Waals surface area contributed by atoms with Crippen LogP contribution in [0.5, 0.6) is 11.5 Å². The van der Waals surface area contributed by atoms with Crippen molar-refractivity contribution >= 4 is 17.1 Å². The van der Waals surface area contributed by atoms with E-state index >= 15 is 0 Å². The van der Waals surface area contributed by atoms with Crippen molar-refractivity contribution in [3.63, 3.8) is 0 Å². The molecule has 0 saturated heterocycles. The predicted molar refractivity (Wildman–Crippen MR) is 118 cm³/mol. The molecule has 0 N–H and O–H groups in total. The molecule has 0 atom stereocenters. The molecule has 3 nitrogen and oxygen atoms in total. The van der Waals surface area contributed by atoms with Gasteiger partial charge in [0.1, 0.15) is 11.5 Å². The van der Waals surface area contributed by atoms with Crippen LogP contribution in [0.3, 0.4) is 0 Å². The second kappa shape index (κ2) is 9.32. The first-order chi connectivity index (χ1) is 13.7. The molecular weight excluding hydrogens is 346 g/mol. The maximum atomic E-state index is 5.61. The number of anilines is 3. The van der Waals surface area contributed by atoms with Crippen LogP contribution in [0.2, 0.25) is 0 Å². The van der Waals surface area contributed by atoms with Gasteiger partial charge in [0, 0.05) is 17.1 Å². The highest BCUT2D eigenvalue weighted by Gasteiger charge is 2.14. The molecule has 0 spiro atoms.